The topological polar surface area (TPSA) is 47.0 Å². The largest absolute Gasteiger partial charge is 0.396 e. The van der Waals surface area contributed by atoms with Crippen molar-refractivity contribution in [1.29, 1.82) is 0 Å². The number of hydrogen-bond donors (Lipinski definition) is 1. The van der Waals surface area contributed by atoms with Crippen molar-refractivity contribution >= 4 is 17.3 Å². The van der Waals surface area contributed by atoms with Crippen LogP contribution < -0.4 is 9.80 Å². The number of fused-ring (bicyclic) bond motifs is 4. The molecule has 5 rings (SSSR count). The summed E-state index contributed by atoms with van der Waals surface area (Å²) in [5, 5.41) is 9.09. The summed E-state index contributed by atoms with van der Waals surface area (Å²) < 4.78 is 0. The molecule has 1 aromatic rings. The summed E-state index contributed by atoms with van der Waals surface area (Å²) in [6.07, 6.45) is 6.15. The molecule has 1 amide bonds. The highest BCUT2D eigenvalue weighted by molar-refractivity contribution is 5.76. The number of rotatable bonds is 5. The van der Waals surface area contributed by atoms with Gasteiger partial charge in [-0.1, -0.05) is 13.8 Å². The number of anilines is 2. The predicted molar refractivity (Wildman–Crippen MR) is 118 cm³/mol. The van der Waals surface area contributed by atoms with Crippen LogP contribution in [-0.2, 0) is 4.79 Å². The summed E-state index contributed by atoms with van der Waals surface area (Å²) in [5.74, 6) is 0.706. The first-order valence-electron chi connectivity index (χ1n) is 11.5. The fourth-order valence-electron chi connectivity index (χ4n) is 5.72. The van der Waals surface area contributed by atoms with Gasteiger partial charge in [0.25, 0.3) is 0 Å². The minimum atomic E-state index is 0.0907. The molecular formula is C24H37N3O2. The second kappa shape index (κ2) is 8.55. The van der Waals surface area contributed by atoms with E-state index < -0.39 is 0 Å². The molecule has 4 aliphatic heterocycles. The molecule has 160 valence electrons. The fraction of sp³-hybridized carbons (Fsp3) is 0.708. The zero-order chi connectivity index (χ0) is 20.4. The van der Waals surface area contributed by atoms with Gasteiger partial charge in [0.05, 0.1) is 6.04 Å². The molecule has 2 atom stereocenters. The second-order valence-corrected chi connectivity index (χ2v) is 9.92. The van der Waals surface area contributed by atoms with Gasteiger partial charge in [-0.05, 0) is 67.7 Å². The molecule has 5 heteroatoms. The van der Waals surface area contributed by atoms with Crippen LogP contribution in [0.1, 0.15) is 52.4 Å². The van der Waals surface area contributed by atoms with Gasteiger partial charge in [-0.2, -0.15) is 0 Å². The minimum Gasteiger partial charge on any atom is -0.396 e. The standard InChI is InChI=1S/C24H37N3O2/c1-24(2)15-19-16-26(23(29)7-6-14-28)18-22(24)27(17-19)21-10-8-20(9-11-21)25-12-4-3-5-13-25/h8-11,19,22,28H,3-7,12-18H2,1-2H3/t19?,22-/m1/s1. The maximum Gasteiger partial charge on any atom is 0.222 e. The smallest absolute Gasteiger partial charge is 0.222 e. The quantitative estimate of drug-likeness (QED) is 0.823. The molecule has 5 nitrogen and oxygen atoms in total. The van der Waals surface area contributed by atoms with Crippen molar-refractivity contribution in [2.75, 3.05) is 49.1 Å². The van der Waals surface area contributed by atoms with Crippen molar-refractivity contribution in [1.82, 2.24) is 4.90 Å². The van der Waals surface area contributed by atoms with Crippen LogP contribution in [0.4, 0.5) is 11.4 Å². The Morgan fingerprint density at radius 3 is 2.41 bits per heavy atom. The van der Waals surface area contributed by atoms with Crippen LogP contribution in [0.25, 0.3) is 0 Å². The lowest BCUT2D eigenvalue weighted by Crippen LogP contribution is -2.54. The van der Waals surface area contributed by atoms with E-state index in [1.807, 2.05) is 0 Å². The Kier molecular flexibility index (Phi) is 6.05. The second-order valence-electron chi connectivity index (χ2n) is 9.92. The van der Waals surface area contributed by atoms with E-state index in [9.17, 15) is 4.79 Å². The summed E-state index contributed by atoms with van der Waals surface area (Å²) in [6.45, 7) is 9.83. The van der Waals surface area contributed by atoms with Crippen molar-refractivity contribution in [2.24, 2.45) is 11.3 Å². The van der Waals surface area contributed by atoms with Gasteiger partial charge in [0.15, 0.2) is 0 Å². The van der Waals surface area contributed by atoms with Crippen LogP contribution >= 0.6 is 0 Å². The van der Waals surface area contributed by atoms with Gasteiger partial charge < -0.3 is 19.8 Å². The fourth-order valence-corrected chi connectivity index (χ4v) is 5.72. The summed E-state index contributed by atoms with van der Waals surface area (Å²) in [6, 6.07) is 9.49. The molecule has 4 heterocycles. The van der Waals surface area contributed by atoms with Crippen molar-refractivity contribution in [3.63, 3.8) is 0 Å². The molecule has 1 N–H and O–H groups in total. The van der Waals surface area contributed by atoms with E-state index in [1.165, 1.54) is 50.1 Å². The molecule has 4 fully saturated rings. The zero-order valence-corrected chi connectivity index (χ0v) is 18.1. The lowest BCUT2D eigenvalue weighted by Gasteiger charge is -2.48. The SMILES string of the molecule is CC1(C)CC2CN(C(=O)CCCO)C[C@H]1N(c1ccc(N3CCCCC3)cc1)C2. The van der Waals surface area contributed by atoms with Gasteiger partial charge in [0, 0.05) is 57.1 Å². The Bertz CT molecular complexity index is 697. The first-order valence-corrected chi connectivity index (χ1v) is 11.5. The van der Waals surface area contributed by atoms with E-state index in [-0.39, 0.29) is 17.9 Å². The number of hydrogen-bond acceptors (Lipinski definition) is 4. The van der Waals surface area contributed by atoms with Crippen LogP contribution in [-0.4, -0.2) is 61.3 Å². The van der Waals surface area contributed by atoms with E-state index in [1.54, 1.807) is 0 Å². The van der Waals surface area contributed by atoms with Crippen LogP contribution in [0, 0.1) is 11.3 Å². The van der Waals surface area contributed by atoms with Crippen molar-refractivity contribution in [3.8, 4) is 0 Å². The van der Waals surface area contributed by atoms with E-state index in [2.05, 4.69) is 52.8 Å². The first kappa shape index (κ1) is 20.5. The van der Waals surface area contributed by atoms with Crippen molar-refractivity contribution in [2.45, 2.75) is 58.4 Å². The van der Waals surface area contributed by atoms with Gasteiger partial charge in [0.2, 0.25) is 5.91 Å². The number of amides is 1. The Morgan fingerprint density at radius 2 is 1.72 bits per heavy atom. The zero-order valence-electron chi connectivity index (χ0n) is 18.1. The molecule has 29 heavy (non-hydrogen) atoms. The molecule has 0 aromatic heterocycles. The van der Waals surface area contributed by atoms with Gasteiger partial charge in [-0.15, -0.1) is 0 Å². The van der Waals surface area contributed by atoms with Gasteiger partial charge in [-0.3, -0.25) is 4.79 Å². The molecule has 2 bridgehead atoms. The van der Waals surface area contributed by atoms with Crippen LogP contribution in [0.3, 0.4) is 0 Å². The van der Waals surface area contributed by atoms with Crippen LogP contribution in [0.2, 0.25) is 0 Å². The van der Waals surface area contributed by atoms with E-state index >= 15 is 0 Å². The molecular weight excluding hydrogens is 362 g/mol. The monoisotopic (exact) mass is 399 g/mol. The Balaban J connectivity index is 1.52. The normalized spacial score (nSPS) is 26.5. The number of carbonyl (C=O) groups excluding carboxylic acids is 1. The molecule has 0 aliphatic carbocycles. The highest BCUT2D eigenvalue weighted by Gasteiger charge is 2.46. The average Bonchev–Trinajstić information content (AvgIpc) is 3.00. The maximum atomic E-state index is 12.7. The van der Waals surface area contributed by atoms with E-state index in [4.69, 9.17) is 5.11 Å². The van der Waals surface area contributed by atoms with E-state index in [0.29, 0.717) is 24.8 Å². The first-order chi connectivity index (χ1) is 14.0. The molecule has 1 unspecified atom stereocenters. The van der Waals surface area contributed by atoms with Crippen molar-refractivity contribution < 1.29 is 9.90 Å². The lowest BCUT2D eigenvalue weighted by molar-refractivity contribution is -0.131. The number of nitrogens with zero attached hydrogens (tertiary/aromatic N) is 3. The number of aliphatic hydroxyl groups excluding tert-OH is 1. The molecule has 0 spiro atoms. The highest BCUT2D eigenvalue weighted by atomic mass is 16.3. The summed E-state index contributed by atoms with van der Waals surface area (Å²) in [7, 11) is 0. The molecule has 0 saturated carbocycles. The summed E-state index contributed by atoms with van der Waals surface area (Å²) in [5.41, 5.74) is 2.81. The third-order valence-corrected chi connectivity index (χ3v) is 7.22. The molecule has 4 aliphatic rings. The maximum absolute atomic E-state index is 12.7. The Morgan fingerprint density at radius 1 is 1.03 bits per heavy atom. The molecule has 4 saturated heterocycles. The van der Waals surface area contributed by atoms with E-state index in [0.717, 1.165) is 19.6 Å². The Hall–Kier alpha value is -1.75. The van der Waals surface area contributed by atoms with Crippen LogP contribution in [0.5, 0.6) is 0 Å². The van der Waals surface area contributed by atoms with Gasteiger partial charge in [-0.25, -0.2) is 0 Å². The number of benzene rings is 1. The molecule has 0 radical (unpaired) electrons. The molecule has 1 aromatic carbocycles. The lowest BCUT2D eigenvalue weighted by atomic mass is 9.73. The number of aliphatic hydroxyl groups is 1. The highest BCUT2D eigenvalue weighted by Crippen LogP contribution is 2.43. The third kappa shape index (κ3) is 4.40. The van der Waals surface area contributed by atoms with Gasteiger partial charge in [0.1, 0.15) is 0 Å². The minimum absolute atomic E-state index is 0.0907. The van der Waals surface area contributed by atoms with Gasteiger partial charge >= 0.3 is 0 Å². The number of piperidine rings is 2. The third-order valence-electron chi connectivity index (χ3n) is 7.22. The summed E-state index contributed by atoms with van der Waals surface area (Å²) in [4.78, 5) is 19.8. The Labute approximate surface area is 175 Å². The summed E-state index contributed by atoms with van der Waals surface area (Å²) >= 11 is 0. The van der Waals surface area contributed by atoms with Crippen LogP contribution in [0.15, 0.2) is 24.3 Å². The predicted octanol–water partition coefficient (Wildman–Crippen LogP) is 3.51. The average molecular weight is 400 g/mol. The number of carbonyl (C=O) groups is 1. The van der Waals surface area contributed by atoms with Crippen molar-refractivity contribution in [3.05, 3.63) is 24.3 Å².